The van der Waals surface area contributed by atoms with Crippen molar-refractivity contribution < 1.29 is 0 Å². The molecule has 0 amide bonds. The SMILES string of the molecule is C[C@H](NC1CC2CCC1C2)c1cccc(Br)c1. The van der Waals surface area contributed by atoms with Crippen molar-refractivity contribution in [2.45, 2.75) is 44.7 Å². The molecule has 4 atom stereocenters. The summed E-state index contributed by atoms with van der Waals surface area (Å²) in [5.74, 6) is 1.97. The molecule has 0 aromatic heterocycles. The molecular formula is C15H20BrN. The molecule has 0 aliphatic heterocycles. The maximum Gasteiger partial charge on any atom is 0.0294 e. The van der Waals surface area contributed by atoms with Crippen LogP contribution >= 0.6 is 15.9 Å². The van der Waals surface area contributed by atoms with Gasteiger partial charge >= 0.3 is 0 Å². The highest BCUT2D eigenvalue weighted by Gasteiger charge is 2.39. The third-order valence-electron chi connectivity index (χ3n) is 4.55. The van der Waals surface area contributed by atoms with Crippen LogP contribution in [0.2, 0.25) is 0 Å². The Balaban J connectivity index is 1.65. The Morgan fingerprint density at radius 1 is 1.29 bits per heavy atom. The largest absolute Gasteiger partial charge is 0.307 e. The highest BCUT2D eigenvalue weighted by atomic mass is 79.9. The molecule has 0 spiro atoms. The number of halogens is 1. The summed E-state index contributed by atoms with van der Waals surface area (Å²) >= 11 is 3.55. The van der Waals surface area contributed by atoms with Gasteiger partial charge in [-0.15, -0.1) is 0 Å². The van der Waals surface area contributed by atoms with Crippen LogP contribution in [-0.2, 0) is 0 Å². The minimum absolute atomic E-state index is 0.469. The zero-order valence-corrected chi connectivity index (χ0v) is 11.9. The maximum absolute atomic E-state index is 3.83. The number of nitrogens with one attached hydrogen (secondary N) is 1. The van der Waals surface area contributed by atoms with Crippen molar-refractivity contribution in [1.82, 2.24) is 5.32 Å². The molecule has 2 bridgehead atoms. The predicted octanol–water partition coefficient (Wildman–Crippen LogP) is 4.29. The van der Waals surface area contributed by atoms with Gasteiger partial charge in [0.2, 0.25) is 0 Å². The van der Waals surface area contributed by atoms with Crippen LogP contribution in [0.4, 0.5) is 0 Å². The molecule has 92 valence electrons. The van der Waals surface area contributed by atoms with Gasteiger partial charge in [0.15, 0.2) is 0 Å². The number of rotatable bonds is 3. The topological polar surface area (TPSA) is 12.0 Å². The van der Waals surface area contributed by atoms with E-state index in [0.29, 0.717) is 6.04 Å². The van der Waals surface area contributed by atoms with Gasteiger partial charge in [-0.2, -0.15) is 0 Å². The van der Waals surface area contributed by atoms with Gasteiger partial charge in [-0.1, -0.05) is 34.5 Å². The number of hydrogen-bond donors (Lipinski definition) is 1. The van der Waals surface area contributed by atoms with Gasteiger partial charge < -0.3 is 5.32 Å². The minimum Gasteiger partial charge on any atom is -0.307 e. The van der Waals surface area contributed by atoms with E-state index in [1.54, 1.807) is 0 Å². The van der Waals surface area contributed by atoms with E-state index in [-0.39, 0.29) is 0 Å². The molecule has 3 rings (SSSR count). The van der Waals surface area contributed by atoms with E-state index in [9.17, 15) is 0 Å². The molecule has 0 saturated heterocycles. The fourth-order valence-corrected chi connectivity index (χ4v) is 4.06. The van der Waals surface area contributed by atoms with Crippen molar-refractivity contribution in [2.24, 2.45) is 11.8 Å². The third-order valence-corrected chi connectivity index (χ3v) is 5.04. The lowest BCUT2D eigenvalue weighted by atomic mass is 9.94. The summed E-state index contributed by atoms with van der Waals surface area (Å²) in [5.41, 5.74) is 1.39. The lowest BCUT2D eigenvalue weighted by molar-refractivity contribution is 0.327. The second-order valence-corrected chi connectivity index (χ2v) is 6.64. The molecule has 2 heteroatoms. The van der Waals surface area contributed by atoms with Crippen LogP contribution in [0.5, 0.6) is 0 Å². The summed E-state index contributed by atoms with van der Waals surface area (Å²) in [6.07, 6.45) is 5.81. The van der Waals surface area contributed by atoms with E-state index in [0.717, 1.165) is 17.9 Å². The first-order valence-corrected chi connectivity index (χ1v) is 7.53. The smallest absolute Gasteiger partial charge is 0.0294 e. The summed E-state index contributed by atoms with van der Waals surface area (Å²) in [4.78, 5) is 0. The summed E-state index contributed by atoms with van der Waals surface area (Å²) in [6.45, 7) is 2.29. The number of hydrogen-bond acceptors (Lipinski definition) is 1. The van der Waals surface area contributed by atoms with E-state index in [2.05, 4.69) is 52.4 Å². The van der Waals surface area contributed by atoms with E-state index in [1.807, 2.05) is 0 Å². The van der Waals surface area contributed by atoms with Gasteiger partial charge in [-0.3, -0.25) is 0 Å². The van der Waals surface area contributed by atoms with Crippen molar-refractivity contribution in [1.29, 1.82) is 0 Å². The highest BCUT2D eigenvalue weighted by molar-refractivity contribution is 9.10. The van der Waals surface area contributed by atoms with Crippen LogP contribution in [0.25, 0.3) is 0 Å². The molecular weight excluding hydrogens is 274 g/mol. The van der Waals surface area contributed by atoms with Crippen LogP contribution in [0.1, 0.15) is 44.2 Å². The quantitative estimate of drug-likeness (QED) is 0.877. The monoisotopic (exact) mass is 293 g/mol. The van der Waals surface area contributed by atoms with Crippen LogP contribution in [0, 0.1) is 11.8 Å². The molecule has 2 aliphatic rings. The van der Waals surface area contributed by atoms with E-state index in [4.69, 9.17) is 0 Å². The zero-order chi connectivity index (χ0) is 11.8. The van der Waals surface area contributed by atoms with Crippen molar-refractivity contribution in [3.05, 3.63) is 34.3 Å². The van der Waals surface area contributed by atoms with Crippen molar-refractivity contribution >= 4 is 15.9 Å². The fraction of sp³-hybridized carbons (Fsp3) is 0.600. The summed E-state index contributed by atoms with van der Waals surface area (Å²) < 4.78 is 1.18. The molecule has 1 nitrogen and oxygen atoms in total. The number of fused-ring (bicyclic) bond motifs is 2. The second-order valence-electron chi connectivity index (χ2n) is 5.72. The van der Waals surface area contributed by atoms with Crippen LogP contribution < -0.4 is 5.32 Å². The zero-order valence-electron chi connectivity index (χ0n) is 10.3. The Hall–Kier alpha value is -0.340. The lowest BCUT2D eigenvalue weighted by Gasteiger charge is -2.27. The predicted molar refractivity (Wildman–Crippen MR) is 74.9 cm³/mol. The van der Waals surface area contributed by atoms with Gasteiger partial charge in [0.25, 0.3) is 0 Å². The van der Waals surface area contributed by atoms with Crippen LogP contribution in [0.15, 0.2) is 28.7 Å². The molecule has 0 heterocycles. The Kier molecular flexibility index (Phi) is 3.27. The van der Waals surface area contributed by atoms with E-state index < -0.39 is 0 Å². The molecule has 1 N–H and O–H groups in total. The second kappa shape index (κ2) is 4.74. The third kappa shape index (κ3) is 2.43. The fourth-order valence-electron chi connectivity index (χ4n) is 3.64. The normalized spacial score (nSPS) is 32.9. The molecule has 1 aromatic carbocycles. The van der Waals surface area contributed by atoms with Gasteiger partial charge in [0.1, 0.15) is 0 Å². The first kappa shape index (κ1) is 11.7. The lowest BCUT2D eigenvalue weighted by Crippen LogP contribution is -2.35. The van der Waals surface area contributed by atoms with Gasteiger partial charge in [-0.25, -0.2) is 0 Å². The highest BCUT2D eigenvalue weighted by Crippen LogP contribution is 2.45. The average molecular weight is 294 g/mol. The van der Waals surface area contributed by atoms with Crippen LogP contribution in [0.3, 0.4) is 0 Å². The number of benzene rings is 1. The maximum atomic E-state index is 3.83. The molecule has 2 fully saturated rings. The van der Waals surface area contributed by atoms with E-state index >= 15 is 0 Å². The molecule has 1 aromatic rings. The Morgan fingerprint density at radius 3 is 2.82 bits per heavy atom. The Labute approximate surface area is 112 Å². The van der Waals surface area contributed by atoms with Crippen molar-refractivity contribution in [3.8, 4) is 0 Å². The standard InChI is InChI=1S/C15H20BrN/c1-10(12-3-2-4-14(16)9-12)17-15-8-11-5-6-13(15)7-11/h2-4,9-11,13,15,17H,5-8H2,1H3/t10-,11?,13?,15?/m0/s1. The summed E-state index contributed by atoms with van der Waals surface area (Å²) in [7, 11) is 0. The summed E-state index contributed by atoms with van der Waals surface area (Å²) in [5, 5.41) is 3.83. The minimum atomic E-state index is 0.469. The van der Waals surface area contributed by atoms with Crippen molar-refractivity contribution in [2.75, 3.05) is 0 Å². The molecule has 2 saturated carbocycles. The van der Waals surface area contributed by atoms with Gasteiger partial charge in [-0.05, 0) is 55.7 Å². The molecule has 3 unspecified atom stereocenters. The van der Waals surface area contributed by atoms with E-state index in [1.165, 1.54) is 35.7 Å². The average Bonchev–Trinajstić information content (AvgIpc) is 2.91. The summed E-state index contributed by atoms with van der Waals surface area (Å²) in [6, 6.07) is 9.90. The first-order valence-electron chi connectivity index (χ1n) is 6.74. The molecule has 2 aliphatic carbocycles. The Morgan fingerprint density at radius 2 is 2.18 bits per heavy atom. The van der Waals surface area contributed by atoms with Crippen molar-refractivity contribution in [3.63, 3.8) is 0 Å². The molecule has 0 radical (unpaired) electrons. The molecule has 17 heavy (non-hydrogen) atoms. The van der Waals surface area contributed by atoms with Gasteiger partial charge in [0.05, 0.1) is 0 Å². The van der Waals surface area contributed by atoms with Gasteiger partial charge in [0, 0.05) is 16.6 Å². The van der Waals surface area contributed by atoms with Crippen LogP contribution in [-0.4, -0.2) is 6.04 Å². The first-order chi connectivity index (χ1) is 8.22. The Bertz CT molecular complexity index is 404.